The van der Waals surface area contributed by atoms with Gasteiger partial charge in [0.25, 0.3) is 0 Å². The minimum atomic E-state index is -1.20. The van der Waals surface area contributed by atoms with Crippen LogP contribution in [0.1, 0.15) is 40.5 Å². The van der Waals surface area contributed by atoms with Crippen molar-refractivity contribution in [2.24, 2.45) is 11.8 Å². The third-order valence-electron chi connectivity index (χ3n) is 1.86. The summed E-state index contributed by atoms with van der Waals surface area (Å²) in [5.74, 6) is 0.941. The summed E-state index contributed by atoms with van der Waals surface area (Å²) in [4.78, 5) is 28.0. The van der Waals surface area contributed by atoms with Crippen LogP contribution in [0.15, 0.2) is 0 Å². The Balaban J connectivity index is 3.22. The highest BCUT2D eigenvalue weighted by molar-refractivity contribution is 5.57. The number of hydrogen-bond donors (Lipinski definition) is 0. The van der Waals surface area contributed by atoms with Crippen LogP contribution in [0.5, 0.6) is 0 Å². The van der Waals surface area contributed by atoms with Crippen LogP contribution in [-0.4, -0.2) is 19.4 Å². The molecule has 0 fully saturated rings. The lowest BCUT2D eigenvalue weighted by Crippen LogP contribution is -2.11. The standard InChI is InChI=1S/C11H22O7/c1-9(2)5-7-13-17-15-11(12)16-18-14-8-6-10(3)4/h9-10H,5-8H2,1-4H3. The molecule has 108 valence electrons. The fourth-order valence-corrected chi connectivity index (χ4v) is 0.753. The zero-order valence-electron chi connectivity index (χ0n) is 11.3. The molecule has 0 spiro atoms. The molecule has 0 saturated heterocycles. The molecule has 0 atom stereocenters. The van der Waals surface area contributed by atoms with E-state index in [1.165, 1.54) is 0 Å². The van der Waals surface area contributed by atoms with Crippen molar-refractivity contribution in [2.75, 3.05) is 13.2 Å². The van der Waals surface area contributed by atoms with Crippen LogP contribution in [0.4, 0.5) is 4.79 Å². The topological polar surface area (TPSA) is 72.5 Å². The van der Waals surface area contributed by atoms with Gasteiger partial charge in [0.05, 0.1) is 13.2 Å². The molecule has 0 unspecified atom stereocenters. The quantitative estimate of drug-likeness (QED) is 0.342. The lowest BCUT2D eigenvalue weighted by atomic mass is 10.1. The van der Waals surface area contributed by atoms with E-state index in [1.807, 2.05) is 27.7 Å². The first-order chi connectivity index (χ1) is 8.52. The van der Waals surface area contributed by atoms with Crippen molar-refractivity contribution in [3.05, 3.63) is 0 Å². The summed E-state index contributed by atoms with van der Waals surface area (Å²) < 4.78 is 0. The van der Waals surface area contributed by atoms with Gasteiger partial charge >= 0.3 is 6.16 Å². The summed E-state index contributed by atoms with van der Waals surface area (Å²) in [5, 5.41) is 8.26. The van der Waals surface area contributed by atoms with E-state index in [4.69, 9.17) is 0 Å². The average Bonchev–Trinajstić information content (AvgIpc) is 2.27. The molecule has 7 nitrogen and oxygen atoms in total. The van der Waals surface area contributed by atoms with E-state index in [1.54, 1.807) is 0 Å². The molecule has 0 aromatic carbocycles. The van der Waals surface area contributed by atoms with E-state index in [0.717, 1.165) is 12.8 Å². The second-order valence-corrected chi connectivity index (χ2v) is 4.56. The Hall–Kier alpha value is -0.890. The molecule has 0 aliphatic carbocycles. The van der Waals surface area contributed by atoms with Crippen LogP contribution in [0.2, 0.25) is 0 Å². The van der Waals surface area contributed by atoms with Crippen LogP contribution >= 0.6 is 0 Å². The first-order valence-corrected chi connectivity index (χ1v) is 5.98. The maximum absolute atomic E-state index is 10.8. The molecule has 0 rings (SSSR count). The van der Waals surface area contributed by atoms with Gasteiger partial charge in [-0.05, 0) is 34.8 Å². The molecule has 0 heterocycles. The van der Waals surface area contributed by atoms with Gasteiger partial charge in [0.1, 0.15) is 0 Å². The van der Waals surface area contributed by atoms with Gasteiger partial charge in [0, 0.05) is 0 Å². The van der Waals surface area contributed by atoms with E-state index < -0.39 is 6.16 Å². The highest BCUT2D eigenvalue weighted by Gasteiger charge is 2.08. The molecule has 0 saturated carbocycles. The summed E-state index contributed by atoms with van der Waals surface area (Å²) in [6.07, 6.45) is 0.365. The van der Waals surface area contributed by atoms with Gasteiger partial charge in [-0.1, -0.05) is 27.7 Å². The molecule has 0 radical (unpaired) electrons. The molecule has 0 N–H and O–H groups in total. The molecule has 0 aromatic rings. The Kier molecular flexibility index (Phi) is 10.7. The lowest BCUT2D eigenvalue weighted by Gasteiger charge is -2.05. The highest BCUT2D eigenvalue weighted by atomic mass is 17.6. The Bertz CT molecular complexity index is 186. The zero-order valence-corrected chi connectivity index (χ0v) is 11.3. The molecule has 7 heteroatoms. The normalized spacial score (nSPS) is 11.0. The van der Waals surface area contributed by atoms with E-state index in [2.05, 4.69) is 29.6 Å². The van der Waals surface area contributed by atoms with Gasteiger partial charge in [-0.3, -0.25) is 0 Å². The van der Waals surface area contributed by atoms with Crippen LogP contribution in [0.3, 0.4) is 0 Å². The van der Waals surface area contributed by atoms with E-state index >= 15 is 0 Å². The van der Waals surface area contributed by atoms with Crippen molar-refractivity contribution in [2.45, 2.75) is 40.5 Å². The molecule has 0 aliphatic rings. The summed E-state index contributed by atoms with van der Waals surface area (Å²) in [6.45, 7) is 8.75. The fourth-order valence-electron chi connectivity index (χ4n) is 0.753. The van der Waals surface area contributed by atoms with Crippen LogP contribution in [0.25, 0.3) is 0 Å². The number of rotatable bonds is 10. The van der Waals surface area contributed by atoms with Gasteiger partial charge in [-0.25, -0.2) is 9.78 Å². The van der Waals surface area contributed by atoms with E-state index in [-0.39, 0.29) is 0 Å². The van der Waals surface area contributed by atoms with Crippen LogP contribution in [0, 0.1) is 11.8 Å². The van der Waals surface area contributed by atoms with Crippen LogP contribution in [-0.2, 0) is 29.6 Å². The van der Waals surface area contributed by atoms with Crippen molar-refractivity contribution in [1.29, 1.82) is 0 Å². The number of carbonyl (C=O) groups is 1. The Morgan fingerprint density at radius 1 is 0.833 bits per heavy atom. The maximum Gasteiger partial charge on any atom is 0.577 e. The molecule has 18 heavy (non-hydrogen) atoms. The molecular formula is C11H22O7. The van der Waals surface area contributed by atoms with Gasteiger partial charge < -0.3 is 0 Å². The van der Waals surface area contributed by atoms with Gasteiger partial charge in [-0.2, -0.15) is 14.6 Å². The molecule has 0 bridgehead atoms. The molecular weight excluding hydrogens is 244 g/mol. The van der Waals surface area contributed by atoms with Crippen molar-refractivity contribution in [3.8, 4) is 0 Å². The third kappa shape index (κ3) is 13.2. The maximum atomic E-state index is 10.8. The average molecular weight is 266 g/mol. The number of carbonyl (C=O) groups excluding carboxylic acids is 1. The van der Waals surface area contributed by atoms with Crippen molar-refractivity contribution in [1.82, 2.24) is 0 Å². The van der Waals surface area contributed by atoms with Crippen molar-refractivity contribution >= 4 is 6.16 Å². The second kappa shape index (κ2) is 11.2. The van der Waals surface area contributed by atoms with Crippen molar-refractivity contribution < 1.29 is 34.4 Å². The smallest absolute Gasteiger partial charge is 0.226 e. The summed E-state index contributed by atoms with van der Waals surface area (Å²) in [7, 11) is 0. The second-order valence-electron chi connectivity index (χ2n) is 4.56. The minimum absolute atomic E-state index is 0.316. The van der Waals surface area contributed by atoms with E-state index in [0.29, 0.717) is 25.0 Å². The monoisotopic (exact) mass is 266 g/mol. The Morgan fingerprint density at radius 3 is 1.56 bits per heavy atom. The third-order valence-corrected chi connectivity index (χ3v) is 1.86. The Labute approximate surface area is 107 Å². The predicted octanol–water partition coefficient (Wildman–Crippen LogP) is 2.96. The SMILES string of the molecule is CC(C)CCOOOC(=O)OOOCCC(C)C. The van der Waals surface area contributed by atoms with E-state index in [9.17, 15) is 4.79 Å². The minimum Gasteiger partial charge on any atom is -0.226 e. The predicted molar refractivity (Wildman–Crippen MR) is 60.6 cm³/mol. The first kappa shape index (κ1) is 17.1. The number of hydrogen-bond acceptors (Lipinski definition) is 7. The Morgan fingerprint density at radius 2 is 1.22 bits per heavy atom. The summed E-state index contributed by atoms with van der Waals surface area (Å²) in [5.41, 5.74) is 0. The van der Waals surface area contributed by atoms with Crippen molar-refractivity contribution in [3.63, 3.8) is 0 Å². The summed E-state index contributed by atoms with van der Waals surface area (Å²) in [6, 6.07) is 0. The van der Waals surface area contributed by atoms with Gasteiger partial charge in [0.2, 0.25) is 0 Å². The molecule has 0 aliphatic heterocycles. The fraction of sp³-hybridized carbons (Fsp3) is 0.909. The van der Waals surface area contributed by atoms with Gasteiger partial charge in [0.15, 0.2) is 0 Å². The molecule has 0 aromatic heterocycles. The largest absolute Gasteiger partial charge is 0.577 e. The lowest BCUT2D eigenvalue weighted by molar-refractivity contribution is -0.527. The zero-order chi connectivity index (χ0) is 13.8. The van der Waals surface area contributed by atoms with Gasteiger partial charge in [-0.15, -0.1) is 0 Å². The highest BCUT2D eigenvalue weighted by Crippen LogP contribution is 2.01. The molecule has 0 amide bonds. The van der Waals surface area contributed by atoms with Crippen LogP contribution < -0.4 is 0 Å². The first-order valence-electron chi connectivity index (χ1n) is 5.98. The summed E-state index contributed by atoms with van der Waals surface area (Å²) >= 11 is 0.